The number of benzene rings is 1. The highest BCUT2D eigenvalue weighted by Gasteiger charge is 2.22. The van der Waals surface area contributed by atoms with E-state index in [4.69, 9.17) is 14.9 Å². The van der Waals surface area contributed by atoms with E-state index in [1.165, 1.54) is 0 Å². The summed E-state index contributed by atoms with van der Waals surface area (Å²) in [5, 5.41) is 18.1. The van der Waals surface area contributed by atoms with Crippen LogP contribution in [0.25, 0.3) is 0 Å². The Kier molecular flexibility index (Phi) is 5.48. The van der Waals surface area contributed by atoms with Gasteiger partial charge in [-0.2, -0.15) is 0 Å². The first kappa shape index (κ1) is 16.9. The van der Waals surface area contributed by atoms with Crippen molar-refractivity contribution in [3.63, 3.8) is 0 Å². The van der Waals surface area contributed by atoms with E-state index in [-0.39, 0.29) is 5.92 Å². The number of esters is 1. The molecule has 1 aromatic rings. The number of rotatable bonds is 4. The molecule has 0 bridgehead atoms. The van der Waals surface area contributed by atoms with Crippen molar-refractivity contribution < 1.29 is 19.7 Å². The van der Waals surface area contributed by atoms with Crippen molar-refractivity contribution >= 4 is 5.97 Å². The molecule has 128 valence electrons. The first-order valence-electron chi connectivity index (χ1n) is 8.70. The van der Waals surface area contributed by atoms with Crippen LogP contribution in [0.5, 0.6) is 5.75 Å². The van der Waals surface area contributed by atoms with Crippen LogP contribution in [0.3, 0.4) is 0 Å². The molecule has 2 unspecified atom stereocenters. The second-order valence-corrected chi connectivity index (χ2v) is 6.52. The molecule has 0 radical (unpaired) electrons. The van der Waals surface area contributed by atoms with Gasteiger partial charge in [-0.1, -0.05) is 36.4 Å². The Hall–Kier alpha value is -1.91. The summed E-state index contributed by atoms with van der Waals surface area (Å²) in [6, 6.07) is 6.01. The van der Waals surface area contributed by atoms with E-state index in [1.807, 2.05) is 12.1 Å². The molecule has 4 nitrogen and oxygen atoms in total. The second kappa shape index (κ2) is 7.77. The van der Waals surface area contributed by atoms with Gasteiger partial charge in [0, 0.05) is 17.4 Å². The van der Waals surface area contributed by atoms with Gasteiger partial charge in [0.25, 0.3) is 6.29 Å². The molecule has 4 heteroatoms. The Morgan fingerprint density at radius 3 is 2.29 bits per heavy atom. The lowest BCUT2D eigenvalue weighted by molar-refractivity contribution is -0.162. The van der Waals surface area contributed by atoms with Crippen LogP contribution < -0.4 is 4.74 Å². The first-order valence-corrected chi connectivity index (χ1v) is 8.70. The van der Waals surface area contributed by atoms with Crippen LogP contribution in [0.4, 0.5) is 0 Å². The molecule has 0 aromatic heterocycles. The van der Waals surface area contributed by atoms with Crippen LogP contribution in [0.1, 0.15) is 61.5 Å². The van der Waals surface area contributed by atoms with Gasteiger partial charge in [0.1, 0.15) is 5.75 Å². The molecule has 2 N–H and O–H groups in total. The maximum absolute atomic E-state index is 11.7. The fourth-order valence-electron chi connectivity index (χ4n) is 3.50. The lowest BCUT2D eigenvalue weighted by Gasteiger charge is -2.23. The van der Waals surface area contributed by atoms with Gasteiger partial charge in [0.2, 0.25) is 0 Å². The van der Waals surface area contributed by atoms with Gasteiger partial charge < -0.3 is 14.9 Å². The molecule has 0 heterocycles. The standard InChI is InChI=1S/C20H24O4/c21-19(22)20(23)24-18-13-16(14-7-3-1-4-8-14)11-12-17(18)15-9-5-2-6-10-15/h3,5,7,9,11-15,19,21-22H,1-2,4,6,8,10H2. The fourth-order valence-corrected chi connectivity index (χ4v) is 3.50. The number of hydrogen-bond acceptors (Lipinski definition) is 4. The summed E-state index contributed by atoms with van der Waals surface area (Å²) in [6.45, 7) is 0. The van der Waals surface area contributed by atoms with Crippen LogP contribution in [0.15, 0.2) is 42.5 Å². The molecular formula is C20H24O4. The Morgan fingerprint density at radius 2 is 1.71 bits per heavy atom. The highest BCUT2D eigenvalue weighted by Crippen LogP contribution is 2.37. The topological polar surface area (TPSA) is 66.8 Å². The average Bonchev–Trinajstić information content (AvgIpc) is 2.63. The van der Waals surface area contributed by atoms with Gasteiger partial charge in [0.15, 0.2) is 0 Å². The fraction of sp³-hybridized carbons (Fsp3) is 0.450. The lowest BCUT2D eigenvalue weighted by Crippen LogP contribution is -2.25. The number of carbonyl (C=O) groups is 1. The third kappa shape index (κ3) is 3.94. The highest BCUT2D eigenvalue weighted by molar-refractivity contribution is 5.75. The minimum absolute atomic E-state index is 0.202. The minimum atomic E-state index is -2.11. The summed E-state index contributed by atoms with van der Waals surface area (Å²) in [5.41, 5.74) is 2.04. The van der Waals surface area contributed by atoms with Crippen molar-refractivity contribution in [2.75, 3.05) is 0 Å². The molecule has 0 aliphatic heterocycles. The van der Waals surface area contributed by atoms with Gasteiger partial charge in [0.05, 0.1) is 0 Å². The van der Waals surface area contributed by atoms with E-state index in [0.717, 1.165) is 49.7 Å². The minimum Gasteiger partial charge on any atom is -0.422 e. The van der Waals surface area contributed by atoms with Gasteiger partial charge in [-0.15, -0.1) is 0 Å². The SMILES string of the molecule is O=C(Oc1cc(C2C=CCCC2)ccc1C1C=CCCC1)C(O)O. The average molecular weight is 328 g/mol. The van der Waals surface area contributed by atoms with Crippen molar-refractivity contribution in [1.29, 1.82) is 0 Å². The van der Waals surface area contributed by atoms with E-state index in [0.29, 0.717) is 11.7 Å². The predicted octanol–water partition coefficient (Wildman–Crippen LogP) is 3.55. The van der Waals surface area contributed by atoms with Gasteiger partial charge in [-0.05, 0) is 50.2 Å². The maximum Gasteiger partial charge on any atom is 0.368 e. The van der Waals surface area contributed by atoms with E-state index < -0.39 is 12.3 Å². The quantitative estimate of drug-likeness (QED) is 0.384. The van der Waals surface area contributed by atoms with E-state index in [2.05, 4.69) is 30.4 Å². The molecule has 0 saturated carbocycles. The Balaban J connectivity index is 1.93. The zero-order chi connectivity index (χ0) is 16.9. The largest absolute Gasteiger partial charge is 0.422 e. The van der Waals surface area contributed by atoms with Crippen molar-refractivity contribution in [3.05, 3.63) is 53.6 Å². The number of aliphatic hydroxyl groups is 2. The number of carbonyl (C=O) groups excluding carboxylic acids is 1. The summed E-state index contributed by atoms with van der Waals surface area (Å²) in [5.74, 6) is -0.0620. The summed E-state index contributed by atoms with van der Waals surface area (Å²) < 4.78 is 5.29. The summed E-state index contributed by atoms with van der Waals surface area (Å²) in [7, 11) is 0. The van der Waals surface area contributed by atoms with Crippen molar-refractivity contribution in [2.45, 2.75) is 56.7 Å². The van der Waals surface area contributed by atoms with Crippen molar-refractivity contribution in [2.24, 2.45) is 0 Å². The Labute approximate surface area is 142 Å². The van der Waals surface area contributed by atoms with Crippen molar-refractivity contribution in [3.8, 4) is 5.75 Å². The zero-order valence-corrected chi connectivity index (χ0v) is 13.7. The van der Waals surface area contributed by atoms with Gasteiger partial charge in [-0.3, -0.25) is 0 Å². The lowest BCUT2D eigenvalue weighted by atomic mass is 9.85. The smallest absolute Gasteiger partial charge is 0.368 e. The van der Waals surface area contributed by atoms with Crippen LogP contribution >= 0.6 is 0 Å². The molecule has 2 aliphatic carbocycles. The zero-order valence-electron chi connectivity index (χ0n) is 13.7. The van der Waals surface area contributed by atoms with Gasteiger partial charge in [-0.25, -0.2) is 4.79 Å². The number of allylic oxidation sites excluding steroid dienone is 4. The van der Waals surface area contributed by atoms with E-state index in [1.54, 1.807) is 0 Å². The predicted molar refractivity (Wildman–Crippen MR) is 91.8 cm³/mol. The molecule has 0 saturated heterocycles. The molecule has 0 spiro atoms. The van der Waals surface area contributed by atoms with Crippen LogP contribution in [-0.2, 0) is 4.79 Å². The normalized spacial score (nSPS) is 23.5. The van der Waals surface area contributed by atoms with Crippen LogP contribution in [0.2, 0.25) is 0 Å². The molecule has 1 aromatic carbocycles. The number of hydrogen-bond donors (Lipinski definition) is 2. The van der Waals surface area contributed by atoms with Crippen LogP contribution in [0, 0.1) is 0 Å². The number of aliphatic hydroxyl groups excluding tert-OH is 1. The Morgan fingerprint density at radius 1 is 1.04 bits per heavy atom. The molecule has 24 heavy (non-hydrogen) atoms. The summed E-state index contributed by atoms with van der Waals surface area (Å²) in [6.07, 6.45) is 13.1. The monoisotopic (exact) mass is 328 g/mol. The van der Waals surface area contributed by atoms with E-state index >= 15 is 0 Å². The molecule has 0 amide bonds. The Bertz CT molecular complexity index is 645. The first-order chi connectivity index (χ1) is 11.6. The maximum atomic E-state index is 11.7. The van der Waals surface area contributed by atoms with Crippen molar-refractivity contribution in [1.82, 2.24) is 0 Å². The van der Waals surface area contributed by atoms with E-state index in [9.17, 15) is 4.79 Å². The molecule has 3 rings (SSSR count). The molecular weight excluding hydrogens is 304 g/mol. The van der Waals surface area contributed by atoms with Gasteiger partial charge >= 0.3 is 5.97 Å². The highest BCUT2D eigenvalue weighted by atomic mass is 16.6. The third-order valence-corrected chi connectivity index (χ3v) is 4.80. The molecule has 2 aliphatic rings. The summed E-state index contributed by atoms with van der Waals surface area (Å²) in [4.78, 5) is 11.7. The molecule has 0 fully saturated rings. The molecule has 2 atom stereocenters. The summed E-state index contributed by atoms with van der Waals surface area (Å²) >= 11 is 0. The third-order valence-electron chi connectivity index (χ3n) is 4.80. The van der Waals surface area contributed by atoms with Crippen LogP contribution in [-0.4, -0.2) is 22.5 Å². The number of ether oxygens (including phenoxy) is 1. The second-order valence-electron chi connectivity index (χ2n) is 6.52.